The predicted molar refractivity (Wildman–Crippen MR) is 69.6 cm³/mol. The molecule has 0 radical (unpaired) electrons. The monoisotopic (exact) mass is 308 g/mol. The maximum Gasteiger partial charge on any atom is 0.339 e. The lowest BCUT2D eigenvalue weighted by atomic mass is 9.98. The summed E-state index contributed by atoms with van der Waals surface area (Å²) in [5, 5.41) is 1.46. The molecule has 0 spiro atoms. The van der Waals surface area contributed by atoms with Crippen LogP contribution in [0.2, 0.25) is 0 Å². The molecule has 0 aromatic carbocycles. The van der Waals surface area contributed by atoms with E-state index in [1.54, 1.807) is 0 Å². The summed E-state index contributed by atoms with van der Waals surface area (Å²) in [4.78, 5) is 11.8. The van der Waals surface area contributed by atoms with E-state index < -0.39 is 15.0 Å². The molecular formula is C11H13ClO4S2. The van der Waals surface area contributed by atoms with Crippen LogP contribution < -0.4 is 0 Å². The minimum absolute atomic E-state index is 0.0280. The second kappa shape index (κ2) is 5.59. The summed E-state index contributed by atoms with van der Waals surface area (Å²) in [6.07, 6.45) is 5.06. The van der Waals surface area contributed by atoms with Crippen LogP contribution in [0.15, 0.2) is 15.7 Å². The molecule has 18 heavy (non-hydrogen) atoms. The van der Waals surface area contributed by atoms with Gasteiger partial charge in [0.15, 0.2) is 0 Å². The Morgan fingerprint density at radius 2 is 2.00 bits per heavy atom. The van der Waals surface area contributed by atoms with Gasteiger partial charge in [-0.2, -0.15) is 0 Å². The highest BCUT2D eigenvalue weighted by Gasteiger charge is 2.21. The molecule has 2 rings (SSSR count). The molecule has 1 aromatic rings. The van der Waals surface area contributed by atoms with Crippen molar-refractivity contribution in [2.75, 3.05) is 0 Å². The fourth-order valence-electron chi connectivity index (χ4n) is 1.95. The summed E-state index contributed by atoms with van der Waals surface area (Å²) >= 11 is 0.926. The molecule has 1 saturated carbocycles. The van der Waals surface area contributed by atoms with Gasteiger partial charge in [0, 0.05) is 16.1 Å². The SMILES string of the molecule is O=C(OC1CCCCC1)c1csc(S(=O)(=O)Cl)c1. The van der Waals surface area contributed by atoms with Gasteiger partial charge < -0.3 is 4.74 Å². The van der Waals surface area contributed by atoms with Gasteiger partial charge in [-0.1, -0.05) is 6.42 Å². The maximum atomic E-state index is 11.8. The van der Waals surface area contributed by atoms with Gasteiger partial charge in [-0.05, 0) is 31.7 Å². The van der Waals surface area contributed by atoms with E-state index in [0.717, 1.165) is 37.0 Å². The average Bonchev–Trinajstić information content (AvgIpc) is 2.79. The highest BCUT2D eigenvalue weighted by atomic mass is 35.7. The average molecular weight is 309 g/mol. The lowest BCUT2D eigenvalue weighted by Gasteiger charge is -2.21. The van der Waals surface area contributed by atoms with Gasteiger partial charge in [0.2, 0.25) is 0 Å². The Bertz CT molecular complexity index is 529. The van der Waals surface area contributed by atoms with Crippen molar-refractivity contribution in [3.63, 3.8) is 0 Å². The van der Waals surface area contributed by atoms with E-state index in [1.165, 1.54) is 17.9 Å². The van der Waals surface area contributed by atoms with Gasteiger partial charge in [0.05, 0.1) is 5.56 Å². The molecule has 0 N–H and O–H groups in total. The van der Waals surface area contributed by atoms with Gasteiger partial charge in [0.1, 0.15) is 10.3 Å². The molecule has 1 heterocycles. The molecule has 1 aliphatic carbocycles. The Morgan fingerprint density at radius 1 is 1.33 bits per heavy atom. The molecule has 0 aliphatic heterocycles. The maximum absolute atomic E-state index is 11.8. The van der Waals surface area contributed by atoms with Crippen molar-refractivity contribution in [2.24, 2.45) is 0 Å². The molecule has 1 aromatic heterocycles. The number of ether oxygens (including phenoxy) is 1. The number of hydrogen-bond donors (Lipinski definition) is 0. The fraction of sp³-hybridized carbons (Fsp3) is 0.545. The molecule has 0 unspecified atom stereocenters. The van der Waals surface area contributed by atoms with Crippen LogP contribution in [0.4, 0.5) is 0 Å². The standard InChI is InChI=1S/C11H13ClO4S2/c12-18(14,15)10-6-8(7-17-10)11(13)16-9-4-2-1-3-5-9/h6-7,9H,1-5H2. The number of halogens is 1. The molecule has 0 bridgehead atoms. The Morgan fingerprint density at radius 3 is 2.56 bits per heavy atom. The first-order valence-corrected chi connectivity index (χ1v) is 8.90. The number of carbonyl (C=O) groups excluding carboxylic acids is 1. The third kappa shape index (κ3) is 3.46. The molecule has 100 valence electrons. The summed E-state index contributed by atoms with van der Waals surface area (Å²) in [6, 6.07) is 1.26. The van der Waals surface area contributed by atoms with Crippen molar-refractivity contribution < 1.29 is 17.9 Å². The zero-order chi connectivity index (χ0) is 13.2. The summed E-state index contributed by atoms with van der Waals surface area (Å²) in [5.41, 5.74) is 0.254. The summed E-state index contributed by atoms with van der Waals surface area (Å²) in [6.45, 7) is 0. The minimum atomic E-state index is -3.77. The van der Waals surface area contributed by atoms with Crippen molar-refractivity contribution in [1.82, 2.24) is 0 Å². The van der Waals surface area contributed by atoms with Crippen molar-refractivity contribution >= 4 is 37.0 Å². The van der Waals surface area contributed by atoms with Crippen LogP contribution in [-0.2, 0) is 13.8 Å². The largest absolute Gasteiger partial charge is 0.459 e. The second-order valence-electron chi connectivity index (χ2n) is 4.26. The van der Waals surface area contributed by atoms with Gasteiger partial charge in [-0.25, -0.2) is 13.2 Å². The number of thiophene rings is 1. The van der Waals surface area contributed by atoms with Crippen LogP contribution in [0, 0.1) is 0 Å². The van der Waals surface area contributed by atoms with Gasteiger partial charge in [-0.3, -0.25) is 0 Å². The Balaban J connectivity index is 2.02. The van der Waals surface area contributed by atoms with E-state index in [0.29, 0.717) is 0 Å². The van der Waals surface area contributed by atoms with Crippen LogP contribution in [0.3, 0.4) is 0 Å². The summed E-state index contributed by atoms with van der Waals surface area (Å²) in [5.74, 6) is -0.468. The molecule has 0 saturated heterocycles. The summed E-state index contributed by atoms with van der Waals surface area (Å²) in [7, 11) is 1.43. The van der Waals surface area contributed by atoms with Crippen molar-refractivity contribution in [1.29, 1.82) is 0 Å². The van der Waals surface area contributed by atoms with Crippen molar-refractivity contribution in [2.45, 2.75) is 42.4 Å². The number of hydrogen-bond acceptors (Lipinski definition) is 5. The number of carbonyl (C=O) groups is 1. The minimum Gasteiger partial charge on any atom is -0.459 e. The number of esters is 1. The zero-order valence-electron chi connectivity index (χ0n) is 9.60. The third-order valence-electron chi connectivity index (χ3n) is 2.88. The van der Waals surface area contributed by atoms with Gasteiger partial charge in [-0.15, -0.1) is 11.3 Å². The normalized spacial score (nSPS) is 17.6. The quantitative estimate of drug-likeness (QED) is 0.635. The Labute approximate surface area is 114 Å². The smallest absolute Gasteiger partial charge is 0.339 e. The van der Waals surface area contributed by atoms with Crippen LogP contribution >= 0.6 is 22.0 Å². The van der Waals surface area contributed by atoms with E-state index in [9.17, 15) is 13.2 Å². The van der Waals surface area contributed by atoms with Crippen molar-refractivity contribution in [3.8, 4) is 0 Å². The van der Waals surface area contributed by atoms with Crippen LogP contribution in [-0.4, -0.2) is 20.5 Å². The first kappa shape index (κ1) is 13.8. The molecule has 4 nitrogen and oxygen atoms in total. The zero-order valence-corrected chi connectivity index (χ0v) is 12.0. The van der Waals surface area contributed by atoms with Gasteiger partial charge in [0.25, 0.3) is 9.05 Å². The van der Waals surface area contributed by atoms with E-state index >= 15 is 0 Å². The topological polar surface area (TPSA) is 60.4 Å². The molecule has 0 amide bonds. The van der Waals surface area contributed by atoms with Crippen LogP contribution in [0.25, 0.3) is 0 Å². The van der Waals surface area contributed by atoms with E-state index in [4.69, 9.17) is 15.4 Å². The molecule has 1 aliphatic rings. The van der Waals surface area contributed by atoms with E-state index in [2.05, 4.69) is 0 Å². The Hall–Kier alpha value is -0.590. The van der Waals surface area contributed by atoms with E-state index in [1.807, 2.05) is 0 Å². The number of rotatable bonds is 3. The molecule has 7 heteroatoms. The van der Waals surface area contributed by atoms with Gasteiger partial charge >= 0.3 is 5.97 Å². The third-order valence-corrected chi connectivity index (χ3v) is 5.92. The summed E-state index contributed by atoms with van der Waals surface area (Å²) < 4.78 is 27.5. The first-order valence-electron chi connectivity index (χ1n) is 5.71. The van der Waals surface area contributed by atoms with Crippen LogP contribution in [0.1, 0.15) is 42.5 Å². The van der Waals surface area contributed by atoms with E-state index in [-0.39, 0.29) is 15.9 Å². The predicted octanol–water partition coefficient (Wildman–Crippen LogP) is 3.17. The van der Waals surface area contributed by atoms with Crippen LogP contribution in [0.5, 0.6) is 0 Å². The first-order chi connectivity index (χ1) is 8.47. The Kier molecular flexibility index (Phi) is 4.29. The lowest BCUT2D eigenvalue weighted by molar-refractivity contribution is 0.0211. The lowest BCUT2D eigenvalue weighted by Crippen LogP contribution is -2.20. The highest BCUT2D eigenvalue weighted by Crippen LogP contribution is 2.26. The molecule has 0 atom stereocenters. The molecular weight excluding hydrogens is 296 g/mol. The highest BCUT2D eigenvalue weighted by molar-refractivity contribution is 8.15. The fourth-order valence-corrected chi connectivity index (χ4v) is 3.89. The molecule has 1 fully saturated rings. The van der Waals surface area contributed by atoms with Crippen molar-refractivity contribution in [3.05, 3.63) is 17.0 Å². The second-order valence-corrected chi connectivity index (χ2v) is 7.96.